The Balaban J connectivity index is 3.38. The molecule has 0 fully saturated rings. The lowest BCUT2D eigenvalue weighted by Gasteiger charge is -2.06. The van der Waals surface area contributed by atoms with E-state index in [1.165, 1.54) is 12.1 Å². The number of hydrogen-bond acceptors (Lipinski definition) is 4. The number of aromatic carboxylic acids is 1. The molecule has 0 aliphatic carbocycles. The molecule has 0 bridgehead atoms. The molecule has 84 valence electrons. The number of para-hydroxylation sites is 1. The summed E-state index contributed by atoms with van der Waals surface area (Å²) in [6, 6.07) is 3.81. The minimum atomic E-state index is -1.39. The predicted molar refractivity (Wildman–Crippen MR) is 60.5 cm³/mol. The van der Waals surface area contributed by atoms with Crippen LogP contribution in [-0.4, -0.2) is 21.1 Å². The zero-order chi connectivity index (χ0) is 12.3. The number of benzene rings is 1. The van der Waals surface area contributed by atoms with Crippen molar-refractivity contribution in [2.75, 3.05) is 5.32 Å². The highest BCUT2D eigenvalue weighted by atomic mass is 32.1. The number of nitro groups is 1. The van der Waals surface area contributed by atoms with Crippen molar-refractivity contribution in [3.8, 4) is 0 Å². The van der Waals surface area contributed by atoms with Crippen LogP contribution in [0.3, 0.4) is 0 Å². The monoisotopic (exact) mass is 241 g/mol. The first kappa shape index (κ1) is 11.9. The number of nitrogens with zero attached hydrogens (tertiary/aromatic N) is 1. The van der Waals surface area contributed by atoms with E-state index >= 15 is 0 Å². The maximum Gasteiger partial charge on any atom is 0.342 e. The normalized spacial score (nSPS) is 9.50. The van der Waals surface area contributed by atoms with Crippen LogP contribution in [0.15, 0.2) is 18.2 Å². The van der Waals surface area contributed by atoms with Crippen LogP contribution >= 0.6 is 12.2 Å². The Labute approximate surface area is 95.0 Å². The van der Waals surface area contributed by atoms with Crippen molar-refractivity contribution in [2.24, 2.45) is 5.73 Å². The quantitative estimate of drug-likeness (QED) is 0.409. The fraction of sp³-hybridized carbons (Fsp3) is 0. The van der Waals surface area contributed by atoms with Crippen LogP contribution < -0.4 is 11.1 Å². The topological polar surface area (TPSA) is 118 Å². The molecule has 0 saturated carbocycles. The maximum atomic E-state index is 10.8. The van der Waals surface area contributed by atoms with E-state index in [2.05, 4.69) is 17.5 Å². The zero-order valence-electron chi connectivity index (χ0n) is 7.84. The molecule has 0 aromatic heterocycles. The first-order valence-corrected chi connectivity index (χ1v) is 4.41. The molecule has 0 heterocycles. The number of nitro benzene ring substituents is 1. The van der Waals surface area contributed by atoms with E-state index < -0.39 is 22.1 Å². The molecule has 0 saturated heterocycles. The third kappa shape index (κ3) is 2.42. The van der Waals surface area contributed by atoms with Crippen molar-refractivity contribution in [3.05, 3.63) is 33.9 Å². The van der Waals surface area contributed by atoms with Gasteiger partial charge < -0.3 is 16.2 Å². The minimum Gasteiger partial charge on any atom is -0.477 e. The van der Waals surface area contributed by atoms with Crippen LogP contribution in [0.4, 0.5) is 11.4 Å². The van der Waals surface area contributed by atoms with Gasteiger partial charge in [-0.15, -0.1) is 0 Å². The molecule has 0 unspecified atom stereocenters. The number of anilines is 1. The van der Waals surface area contributed by atoms with Gasteiger partial charge in [0.05, 0.1) is 4.92 Å². The maximum absolute atomic E-state index is 10.8. The molecule has 0 aliphatic heterocycles. The molecule has 4 N–H and O–H groups in total. The highest BCUT2D eigenvalue weighted by Gasteiger charge is 2.24. The molecular formula is C8H7N3O4S. The molecule has 0 spiro atoms. The molecule has 0 radical (unpaired) electrons. The molecule has 8 heteroatoms. The van der Waals surface area contributed by atoms with E-state index in [0.29, 0.717) is 0 Å². The van der Waals surface area contributed by atoms with Crippen LogP contribution in [0.5, 0.6) is 0 Å². The summed E-state index contributed by atoms with van der Waals surface area (Å²) in [6.07, 6.45) is 0. The van der Waals surface area contributed by atoms with Gasteiger partial charge in [0, 0.05) is 0 Å². The summed E-state index contributed by atoms with van der Waals surface area (Å²) in [6.45, 7) is 0. The molecular weight excluding hydrogens is 234 g/mol. The molecule has 1 rings (SSSR count). The molecule has 0 atom stereocenters. The number of carboxylic acid groups (broad SMARTS) is 1. The summed E-state index contributed by atoms with van der Waals surface area (Å²) in [5, 5.41) is 21.7. The molecule has 1 aromatic carbocycles. The predicted octanol–water partition coefficient (Wildman–Crippen LogP) is 0.949. The number of nitrogens with one attached hydrogen (secondary N) is 1. The second-order valence-electron chi connectivity index (χ2n) is 2.75. The summed E-state index contributed by atoms with van der Waals surface area (Å²) in [7, 11) is 0. The van der Waals surface area contributed by atoms with Gasteiger partial charge in [0.1, 0.15) is 11.3 Å². The Hall–Kier alpha value is -2.22. The Morgan fingerprint density at radius 1 is 1.56 bits per heavy atom. The van der Waals surface area contributed by atoms with Gasteiger partial charge in [0.15, 0.2) is 5.11 Å². The van der Waals surface area contributed by atoms with Gasteiger partial charge in [-0.2, -0.15) is 0 Å². The second-order valence-corrected chi connectivity index (χ2v) is 3.19. The number of hydrogen-bond donors (Lipinski definition) is 3. The Bertz CT molecular complexity index is 474. The van der Waals surface area contributed by atoms with Gasteiger partial charge in [0.25, 0.3) is 0 Å². The number of carbonyl (C=O) groups is 1. The molecule has 1 aromatic rings. The minimum absolute atomic E-state index is 0.0441. The smallest absolute Gasteiger partial charge is 0.342 e. The summed E-state index contributed by atoms with van der Waals surface area (Å²) < 4.78 is 0. The van der Waals surface area contributed by atoms with Crippen molar-refractivity contribution >= 4 is 34.7 Å². The van der Waals surface area contributed by atoms with Gasteiger partial charge in [-0.05, 0) is 24.4 Å². The lowest BCUT2D eigenvalue weighted by atomic mass is 10.1. The number of carboxylic acids is 1. The van der Waals surface area contributed by atoms with E-state index in [9.17, 15) is 14.9 Å². The number of thiocarbonyl (C=S) groups is 1. The van der Waals surface area contributed by atoms with E-state index in [1.807, 2.05) is 0 Å². The highest BCUT2D eigenvalue weighted by molar-refractivity contribution is 7.80. The van der Waals surface area contributed by atoms with Gasteiger partial charge in [-0.25, -0.2) is 4.79 Å². The Kier molecular flexibility index (Phi) is 3.36. The summed E-state index contributed by atoms with van der Waals surface area (Å²) in [5.74, 6) is -1.39. The Morgan fingerprint density at radius 2 is 2.19 bits per heavy atom. The SMILES string of the molecule is NC(=S)Nc1cccc(C(=O)O)c1[N+](=O)[O-]. The van der Waals surface area contributed by atoms with Crippen LogP contribution in [-0.2, 0) is 0 Å². The molecule has 0 aliphatic rings. The Morgan fingerprint density at radius 3 is 2.62 bits per heavy atom. The van der Waals surface area contributed by atoms with E-state index in [-0.39, 0.29) is 10.8 Å². The van der Waals surface area contributed by atoms with Gasteiger partial charge in [0.2, 0.25) is 0 Å². The van der Waals surface area contributed by atoms with Crippen LogP contribution in [0.25, 0.3) is 0 Å². The van der Waals surface area contributed by atoms with E-state index in [0.717, 1.165) is 6.07 Å². The first-order valence-electron chi connectivity index (χ1n) is 4.00. The second kappa shape index (κ2) is 4.53. The fourth-order valence-electron chi connectivity index (χ4n) is 1.15. The van der Waals surface area contributed by atoms with Crippen molar-refractivity contribution in [1.29, 1.82) is 0 Å². The fourth-order valence-corrected chi connectivity index (χ4v) is 1.26. The lowest BCUT2D eigenvalue weighted by Crippen LogP contribution is -2.20. The first-order chi connectivity index (χ1) is 7.43. The van der Waals surface area contributed by atoms with Gasteiger partial charge in [-0.1, -0.05) is 6.07 Å². The zero-order valence-corrected chi connectivity index (χ0v) is 8.65. The molecule has 7 nitrogen and oxygen atoms in total. The number of nitrogens with two attached hydrogens (primary N) is 1. The average molecular weight is 241 g/mol. The highest BCUT2D eigenvalue weighted by Crippen LogP contribution is 2.28. The van der Waals surface area contributed by atoms with Crippen molar-refractivity contribution in [1.82, 2.24) is 0 Å². The summed E-state index contributed by atoms with van der Waals surface area (Å²) in [5.41, 5.74) is 4.13. The van der Waals surface area contributed by atoms with Crippen LogP contribution in [0, 0.1) is 10.1 Å². The average Bonchev–Trinajstić information content (AvgIpc) is 2.15. The molecule has 0 amide bonds. The van der Waals surface area contributed by atoms with Crippen molar-refractivity contribution in [2.45, 2.75) is 0 Å². The van der Waals surface area contributed by atoms with E-state index in [4.69, 9.17) is 10.8 Å². The van der Waals surface area contributed by atoms with Gasteiger partial charge in [-0.3, -0.25) is 10.1 Å². The van der Waals surface area contributed by atoms with Crippen molar-refractivity contribution in [3.63, 3.8) is 0 Å². The summed E-state index contributed by atoms with van der Waals surface area (Å²) >= 11 is 4.53. The van der Waals surface area contributed by atoms with Crippen LogP contribution in [0.1, 0.15) is 10.4 Å². The van der Waals surface area contributed by atoms with Crippen LogP contribution in [0.2, 0.25) is 0 Å². The number of rotatable bonds is 3. The van der Waals surface area contributed by atoms with Gasteiger partial charge >= 0.3 is 11.7 Å². The summed E-state index contributed by atoms with van der Waals surface area (Å²) in [4.78, 5) is 20.7. The third-order valence-corrected chi connectivity index (χ3v) is 1.81. The third-order valence-electron chi connectivity index (χ3n) is 1.71. The largest absolute Gasteiger partial charge is 0.477 e. The van der Waals surface area contributed by atoms with E-state index in [1.54, 1.807) is 0 Å². The molecule has 16 heavy (non-hydrogen) atoms. The van der Waals surface area contributed by atoms with Crippen molar-refractivity contribution < 1.29 is 14.8 Å². The lowest BCUT2D eigenvalue weighted by molar-refractivity contribution is -0.384. The standard InChI is InChI=1S/C8H7N3O4S/c9-8(16)10-5-3-1-2-4(7(12)13)6(5)11(14)15/h1-3H,(H,12,13)(H3,9,10,16).